The number of carbonyl (C=O) groups is 2. The number of rotatable bonds is 6. The number of hydrogen-bond acceptors (Lipinski definition) is 5. The van der Waals surface area contributed by atoms with E-state index in [0.29, 0.717) is 24.8 Å². The molecule has 1 aromatic carbocycles. The first-order valence-electron chi connectivity index (χ1n) is 7.74. The molecule has 2 amide bonds. The van der Waals surface area contributed by atoms with Gasteiger partial charge in [-0.1, -0.05) is 12.1 Å². The summed E-state index contributed by atoms with van der Waals surface area (Å²) in [5, 5.41) is 3.53. The molecule has 1 aromatic rings. The quantitative estimate of drug-likeness (QED) is 0.778. The number of amides is 2. The number of cyclic esters (lactones) is 1. The Morgan fingerprint density at radius 3 is 2.96 bits per heavy atom. The van der Waals surface area contributed by atoms with Crippen molar-refractivity contribution >= 4 is 46.8 Å². The first kappa shape index (κ1) is 17.0. The molecule has 8 heteroatoms. The van der Waals surface area contributed by atoms with E-state index in [1.54, 1.807) is 21.6 Å². The molecule has 0 bridgehead atoms. The van der Waals surface area contributed by atoms with E-state index in [4.69, 9.17) is 17.0 Å². The van der Waals surface area contributed by atoms with Gasteiger partial charge in [0.25, 0.3) is 5.91 Å². The Morgan fingerprint density at radius 2 is 2.25 bits per heavy atom. The average Bonchev–Trinajstić information content (AvgIpc) is 3.09. The molecule has 2 aliphatic heterocycles. The van der Waals surface area contributed by atoms with Gasteiger partial charge in [-0.15, -0.1) is 0 Å². The molecule has 6 nitrogen and oxygen atoms in total. The van der Waals surface area contributed by atoms with Crippen molar-refractivity contribution in [3.05, 3.63) is 29.8 Å². The molecular weight excluding hydrogens is 346 g/mol. The normalized spacial score (nSPS) is 20.5. The molecule has 2 fully saturated rings. The second-order valence-electron chi connectivity index (χ2n) is 5.66. The van der Waals surface area contributed by atoms with E-state index in [2.05, 4.69) is 5.32 Å². The van der Waals surface area contributed by atoms with Gasteiger partial charge in [0.2, 0.25) is 0 Å². The van der Waals surface area contributed by atoms with Gasteiger partial charge in [-0.05, 0) is 48.3 Å². The van der Waals surface area contributed by atoms with E-state index in [1.807, 2.05) is 30.5 Å². The van der Waals surface area contributed by atoms with Crippen molar-refractivity contribution in [1.29, 1.82) is 0 Å². The maximum absolute atomic E-state index is 12.6. The van der Waals surface area contributed by atoms with E-state index >= 15 is 0 Å². The largest absolute Gasteiger partial charge is 0.448 e. The van der Waals surface area contributed by atoms with E-state index in [9.17, 15) is 9.59 Å². The zero-order valence-corrected chi connectivity index (χ0v) is 15.0. The lowest BCUT2D eigenvalue weighted by atomic mass is 10.1. The van der Waals surface area contributed by atoms with Gasteiger partial charge in [-0.2, -0.15) is 11.8 Å². The molecule has 1 atom stereocenters. The fourth-order valence-electron chi connectivity index (χ4n) is 2.79. The number of ether oxygens (including phenoxy) is 1. The number of nitrogens with zero attached hydrogens (tertiary/aromatic N) is 2. The van der Waals surface area contributed by atoms with Gasteiger partial charge in [0.1, 0.15) is 12.6 Å². The fourth-order valence-corrected chi connectivity index (χ4v) is 3.60. The zero-order chi connectivity index (χ0) is 17.1. The lowest BCUT2D eigenvalue weighted by Gasteiger charge is -2.18. The Balaban J connectivity index is 1.74. The van der Waals surface area contributed by atoms with Crippen molar-refractivity contribution in [2.24, 2.45) is 0 Å². The SMILES string of the molecule is CSCC[C@H]1NC(=S)N(c2cccc(CN3CCOC3=O)c2)C1=O. The molecule has 0 aromatic heterocycles. The molecule has 2 aliphatic rings. The van der Waals surface area contributed by atoms with E-state index in [1.165, 1.54) is 0 Å². The van der Waals surface area contributed by atoms with Crippen LogP contribution in [0.25, 0.3) is 0 Å². The highest BCUT2D eigenvalue weighted by molar-refractivity contribution is 7.98. The minimum absolute atomic E-state index is 0.0215. The molecule has 0 spiro atoms. The Bertz CT molecular complexity index is 668. The molecule has 1 N–H and O–H groups in total. The fraction of sp³-hybridized carbons (Fsp3) is 0.438. The van der Waals surface area contributed by atoms with E-state index in [0.717, 1.165) is 23.4 Å². The number of benzene rings is 1. The number of nitrogens with one attached hydrogen (secondary N) is 1. The standard InChI is InChI=1S/C16H19N3O3S2/c1-24-8-5-13-14(20)19(15(23)17-13)12-4-2-3-11(9-12)10-18-6-7-22-16(18)21/h2-4,9,13H,5-8,10H2,1H3,(H,17,23)/t13-/m1/s1. The molecule has 2 heterocycles. The Kier molecular flexibility index (Phi) is 5.25. The van der Waals surface area contributed by atoms with Crippen LogP contribution < -0.4 is 10.2 Å². The van der Waals surface area contributed by atoms with Crippen LogP contribution in [0.3, 0.4) is 0 Å². The Morgan fingerprint density at radius 1 is 1.42 bits per heavy atom. The summed E-state index contributed by atoms with van der Waals surface area (Å²) in [5.41, 5.74) is 1.67. The van der Waals surface area contributed by atoms with Crippen molar-refractivity contribution in [2.45, 2.75) is 19.0 Å². The smallest absolute Gasteiger partial charge is 0.410 e. The number of anilines is 1. The number of thioether (sulfide) groups is 1. The second kappa shape index (κ2) is 7.40. The van der Waals surface area contributed by atoms with Gasteiger partial charge in [-0.25, -0.2) is 4.79 Å². The Labute approximate surface area is 150 Å². The third-order valence-corrected chi connectivity index (χ3v) is 4.96. The first-order chi connectivity index (χ1) is 11.6. The van der Waals surface area contributed by atoms with Crippen LogP contribution in [0.4, 0.5) is 10.5 Å². The average molecular weight is 365 g/mol. The minimum atomic E-state index is -0.299. The molecular formula is C16H19N3O3S2. The van der Waals surface area contributed by atoms with Crippen molar-refractivity contribution in [1.82, 2.24) is 10.2 Å². The van der Waals surface area contributed by atoms with Crippen molar-refractivity contribution < 1.29 is 14.3 Å². The van der Waals surface area contributed by atoms with Crippen molar-refractivity contribution in [3.8, 4) is 0 Å². The maximum Gasteiger partial charge on any atom is 0.410 e. The molecule has 128 valence electrons. The van der Waals surface area contributed by atoms with Gasteiger partial charge >= 0.3 is 6.09 Å². The summed E-state index contributed by atoms with van der Waals surface area (Å²) in [5.74, 6) is 0.878. The lowest BCUT2D eigenvalue weighted by Crippen LogP contribution is -2.31. The van der Waals surface area contributed by atoms with Gasteiger partial charge in [0.05, 0.1) is 12.2 Å². The van der Waals surface area contributed by atoms with Crippen LogP contribution in [-0.2, 0) is 16.1 Å². The van der Waals surface area contributed by atoms with Crippen LogP contribution in [-0.4, -0.2) is 53.2 Å². The number of hydrogen-bond donors (Lipinski definition) is 1. The highest BCUT2D eigenvalue weighted by atomic mass is 32.2. The van der Waals surface area contributed by atoms with Crippen molar-refractivity contribution in [3.63, 3.8) is 0 Å². The molecule has 0 unspecified atom stereocenters. The highest BCUT2D eigenvalue weighted by Crippen LogP contribution is 2.23. The molecule has 2 saturated heterocycles. The molecule has 0 saturated carbocycles. The number of thiocarbonyl (C=S) groups is 1. The van der Waals surface area contributed by atoms with E-state index < -0.39 is 0 Å². The van der Waals surface area contributed by atoms with Crippen LogP contribution in [0, 0.1) is 0 Å². The summed E-state index contributed by atoms with van der Waals surface area (Å²) in [7, 11) is 0. The summed E-state index contributed by atoms with van der Waals surface area (Å²) in [6.07, 6.45) is 2.46. The van der Waals surface area contributed by atoms with Crippen LogP contribution in [0.2, 0.25) is 0 Å². The first-order valence-corrected chi connectivity index (χ1v) is 9.54. The van der Waals surface area contributed by atoms with Gasteiger partial charge in [0.15, 0.2) is 5.11 Å². The van der Waals surface area contributed by atoms with Crippen LogP contribution in [0.15, 0.2) is 24.3 Å². The van der Waals surface area contributed by atoms with E-state index in [-0.39, 0.29) is 18.0 Å². The molecule has 0 radical (unpaired) electrons. The monoisotopic (exact) mass is 365 g/mol. The van der Waals surface area contributed by atoms with Crippen LogP contribution in [0.5, 0.6) is 0 Å². The predicted molar refractivity (Wildman–Crippen MR) is 98.2 cm³/mol. The molecule has 3 rings (SSSR count). The van der Waals surface area contributed by atoms with Crippen molar-refractivity contribution in [2.75, 3.05) is 30.1 Å². The summed E-state index contributed by atoms with van der Waals surface area (Å²) in [6, 6.07) is 7.29. The third kappa shape index (κ3) is 3.49. The minimum Gasteiger partial charge on any atom is -0.448 e. The van der Waals surface area contributed by atoms with Crippen LogP contribution in [0.1, 0.15) is 12.0 Å². The molecule has 24 heavy (non-hydrogen) atoms. The maximum atomic E-state index is 12.6. The molecule has 0 aliphatic carbocycles. The predicted octanol–water partition coefficient (Wildman–Crippen LogP) is 1.98. The number of carbonyl (C=O) groups excluding carboxylic acids is 2. The zero-order valence-electron chi connectivity index (χ0n) is 13.4. The summed E-state index contributed by atoms with van der Waals surface area (Å²) in [6.45, 7) is 1.47. The van der Waals surface area contributed by atoms with Gasteiger partial charge in [-0.3, -0.25) is 9.69 Å². The second-order valence-corrected chi connectivity index (χ2v) is 7.04. The Hall–Kier alpha value is -1.80. The van der Waals surface area contributed by atoms with Gasteiger partial charge in [0, 0.05) is 6.54 Å². The van der Waals surface area contributed by atoms with Gasteiger partial charge < -0.3 is 15.0 Å². The lowest BCUT2D eigenvalue weighted by molar-refractivity contribution is -0.118. The van der Waals surface area contributed by atoms with Crippen LogP contribution >= 0.6 is 24.0 Å². The topological polar surface area (TPSA) is 61.9 Å². The third-order valence-electron chi connectivity index (χ3n) is 4.02. The summed E-state index contributed by atoms with van der Waals surface area (Å²) in [4.78, 5) is 27.4. The highest BCUT2D eigenvalue weighted by Gasteiger charge is 2.36. The summed E-state index contributed by atoms with van der Waals surface area (Å²) < 4.78 is 4.94. The summed E-state index contributed by atoms with van der Waals surface area (Å²) >= 11 is 7.04.